The first-order chi connectivity index (χ1) is 14.1. The number of nitrogens with zero attached hydrogens (tertiary/aromatic N) is 5. The zero-order chi connectivity index (χ0) is 20.5. The number of hydrogen-bond donors (Lipinski definition) is 0. The van der Waals surface area contributed by atoms with E-state index in [4.69, 9.17) is 14.3 Å². The van der Waals surface area contributed by atoms with E-state index < -0.39 is 4.92 Å². The lowest BCUT2D eigenvalue weighted by atomic mass is 10.3. The smallest absolute Gasteiger partial charge is 0.322 e. The largest absolute Gasteiger partial charge is 0.435 e. The molecule has 10 nitrogen and oxygen atoms in total. The predicted molar refractivity (Wildman–Crippen MR) is 108 cm³/mol. The topological polar surface area (TPSA) is 121 Å². The first-order valence-corrected chi connectivity index (χ1v) is 8.78. The molecule has 0 saturated carbocycles. The minimum atomic E-state index is -0.554. The number of benzene rings is 2. The normalized spacial score (nSPS) is 10.9. The lowest BCUT2D eigenvalue weighted by molar-refractivity contribution is -0.385. The average molecular weight is 458 g/mol. The molecule has 0 bridgehead atoms. The summed E-state index contributed by atoms with van der Waals surface area (Å²) in [5.74, 6) is 0.589. The molecule has 3 aromatic rings. The molecule has 0 aliphatic carbocycles. The van der Waals surface area contributed by atoms with Crippen LogP contribution in [0, 0.1) is 10.1 Å². The minimum absolute atomic E-state index is 0.0480. The van der Waals surface area contributed by atoms with E-state index in [1.165, 1.54) is 18.2 Å². The molecule has 2 aromatic carbocycles. The van der Waals surface area contributed by atoms with Crippen molar-refractivity contribution >= 4 is 40.1 Å². The van der Waals surface area contributed by atoms with Gasteiger partial charge in [-0.1, -0.05) is 12.1 Å². The van der Waals surface area contributed by atoms with Crippen LogP contribution in [-0.4, -0.2) is 27.7 Å². The van der Waals surface area contributed by atoms with Crippen molar-refractivity contribution in [2.24, 2.45) is 10.1 Å². The van der Waals surface area contributed by atoms with Crippen LogP contribution in [0.1, 0.15) is 0 Å². The molecule has 29 heavy (non-hydrogen) atoms. The van der Waals surface area contributed by atoms with Gasteiger partial charge in [-0.05, 0) is 57.5 Å². The fraction of sp³-hybridized carbons (Fsp3) is 0. The summed E-state index contributed by atoms with van der Waals surface area (Å²) in [5, 5.41) is 14.4. The second-order valence-electron chi connectivity index (χ2n) is 5.15. The van der Waals surface area contributed by atoms with Gasteiger partial charge in [0.1, 0.15) is 10.4 Å². The zero-order valence-electron chi connectivity index (χ0n) is 14.6. The van der Waals surface area contributed by atoms with Crippen LogP contribution in [0.3, 0.4) is 0 Å². The van der Waals surface area contributed by atoms with Gasteiger partial charge in [0, 0.05) is 12.3 Å². The van der Waals surface area contributed by atoms with Crippen molar-refractivity contribution in [3.05, 3.63) is 75.5 Å². The van der Waals surface area contributed by atoms with Gasteiger partial charge in [-0.15, -0.1) is 0 Å². The number of hydrogen-bond acceptors (Lipinski definition) is 9. The number of aliphatic imine (C=N–C) groups is 1. The van der Waals surface area contributed by atoms with E-state index in [9.17, 15) is 10.1 Å². The van der Waals surface area contributed by atoms with Crippen molar-refractivity contribution in [1.29, 1.82) is 0 Å². The lowest BCUT2D eigenvalue weighted by Gasteiger charge is -2.03. The zero-order valence-corrected chi connectivity index (χ0v) is 16.2. The summed E-state index contributed by atoms with van der Waals surface area (Å²) in [4.78, 5) is 27.2. The number of oxime groups is 1. The van der Waals surface area contributed by atoms with Crippen LogP contribution >= 0.6 is 15.9 Å². The highest BCUT2D eigenvalue weighted by Crippen LogP contribution is 2.25. The monoisotopic (exact) mass is 457 g/mol. The number of nitro benzene ring substituents is 1. The summed E-state index contributed by atoms with van der Waals surface area (Å²) in [6, 6.07) is 14.6. The second kappa shape index (κ2) is 9.90. The first-order valence-electron chi connectivity index (χ1n) is 7.98. The van der Waals surface area contributed by atoms with Crippen LogP contribution in [0.2, 0.25) is 0 Å². The Balaban J connectivity index is 1.49. The maximum atomic E-state index is 10.9. The van der Waals surface area contributed by atoms with E-state index in [2.05, 4.69) is 36.0 Å². The van der Waals surface area contributed by atoms with Crippen molar-refractivity contribution in [2.75, 3.05) is 0 Å². The molecule has 11 heteroatoms. The Labute approximate surface area is 172 Å². The van der Waals surface area contributed by atoms with Gasteiger partial charge in [0.15, 0.2) is 0 Å². The number of halogens is 1. The standard InChI is InChI=1S/C18H12BrN5O5/c19-17-9-10-20-18(23-17)29-14-7-5-13(6-8-14)21-11-28-22-12-27-16-4-2-1-3-15(16)24(25)26/h1-12H/b21-11?,22-12+. The lowest BCUT2D eigenvalue weighted by Crippen LogP contribution is -1.96. The quantitative estimate of drug-likeness (QED) is 0.159. The molecule has 0 saturated heterocycles. The van der Waals surface area contributed by atoms with Gasteiger partial charge in [0.2, 0.25) is 18.6 Å². The van der Waals surface area contributed by atoms with Gasteiger partial charge in [-0.2, -0.15) is 4.98 Å². The van der Waals surface area contributed by atoms with Crippen LogP contribution in [-0.2, 0) is 4.84 Å². The Hall–Kier alpha value is -3.86. The first kappa shape index (κ1) is 19.9. The number of rotatable bonds is 8. The Morgan fingerprint density at radius 2 is 1.86 bits per heavy atom. The Morgan fingerprint density at radius 3 is 2.62 bits per heavy atom. The van der Waals surface area contributed by atoms with E-state index in [1.807, 2.05) is 0 Å². The van der Waals surface area contributed by atoms with Crippen LogP contribution in [0.4, 0.5) is 11.4 Å². The molecule has 1 aromatic heterocycles. The van der Waals surface area contributed by atoms with Gasteiger partial charge in [-0.3, -0.25) is 10.1 Å². The molecule has 0 aliphatic rings. The fourth-order valence-corrected chi connectivity index (χ4v) is 2.27. The third kappa shape index (κ3) is 6.07. The molecule has 0 fully saturated rings. The molecule has 0 unspecified atom stereocenters. The summed E-state index contributed by atoms with van der Waals surface area (Å²) >= 11 is 3.24. The summed E-state index contributed by atoms with van der Waals surface area (Å²) in [5.41, 5.74) is 0.408. The summed E-state index contributed by atoms with van der Waals surface area (Å²) in [7, 11) is 0. The molecule has 0 aliphatic heterocycles. The highest BCUT2D eigenvalue weighted by Gasteiger charge is 2.12. The summed E-state index contributed by atoms with van der Waals surface area (Å²) < 4.78 is 11.2. The predicted octanol–water partition coefficient (Wildman–Crippen LogP) is 4.64. The minimum Gasteiger partial charge on any atom is -0.435 e. The number of ether oxygens (including phenoxy) is 2. The highest BCUT2D eigenvalue weighted by atomic mass is 79.9. The van der Waals surface area contributed by atoms with E-state index in [-0.39, 0.29) is 17.4 Å². The number of nitro groups is 1. The van der Waals surface area contributed by atoms with E-state index in [1.54, 1.807) is 42.6 Å². The van der Waals surface area contributed by atoms with Gasteiger partial charge in [-0.25, -0.2) is 9.98 Å². The van der Waals surface area contributed by atoms with Crippen molar-refractivity contribution < 1.29 is 19.2 Å². The van der Waals surface area contributed by atoms with Crippen molar-refractivity contribution in [1.82, 2.24) is 9.97 Å². The second-order valence-corrected chi connectivity index (χ2v) is 5.96. The maximum Gasteiger partial charge on any atom is 0.322 e. The third-order valence-electron chi connectivity index (χ3n) is 3.24. The molecule has 1 heterocycles. The van der Waals surface area contributed by atoms with Crippen LogP contribution in [0.15, 0.2) is 75.5 Å². The average Bonchev–Trinajstić information content (AvgIpc) is 2.72. The molecule has 146 valence electrons. The van der Waals surface area contributed by atoms with E-state index >= 15 is 0 Å². The van der Waals surface area contributed by atoms with Crippen molar-refractivity contribution in [3.8, 4) is 17.5 Å². The van der Waals surface area contributed by atoms with Crippen LogP contribution in [0.5, 0.6) is 17.5 Å². The Bertz CT molecular complexity index is 1040. The van der Waals surface area contributed by atoms with Crippen molar-refractivity contribution in [3.63, 3.8) is 0 Å². The molecule has 0 atom stereocenters. The molecular formula is C18H12BrN5O5. The van der Waals surface area contributed by atoms with Gasteiger partial charge in [0.25, 0.3) is 0 Å². The fourth-order valence-electron chi connectivity index (χ4n) is 2.00. The third-order valence-corrected chi connectivity index (χ3v) is 3.68. The summed E-state index contributed by atoms with van der Waals surface area (Å²) in [6.45, 7) is 0. The summed E-state index contributed by atoms with van der Waals surface area (Å²) in [6.07, 6.45) is 3.60. The number of para-hydroxylation sites is 2. The van der Waals surface area contributed by atoms with Crippen molar-refractivity contribution in [2.45, 2.75) is 0 Å². The molecular weight excluding hydrogens is 446 g/mol. The molecule has 3 rings (SSSR count). The molecule has 0 spiro atoms. The number of aromatic nitrogens is 2. The molecule has 0 N–H and O–H groups in total. The van der Waals surface area contributed by atoms with E-state index in [0.29, 0.717) is 16.0 Å². The van der Waals surface area contributed by atoms with E-state index in [0.717, 1.165) is 12.8 Å². The van der Waals surface area contributed by atoms with Gasteiger partial charge < -0.3 is 14.3 Å². The maximum absolute atomic E-state index is 10.9. The molecule has 0 radical (unpaired) electrons. The van der Waals surface area contributed by atoms with Gasteiger partial charge in [0.05, 0.1) is 10.6 Å². The van der Waals surface area contributed by atoms with Gasteiger partial charge >= 0.3 is 11.7 Å². The van der Waals surface area contributed by atoms with Crippen LogP contribution in [0.25, 0.3) is 0 Å². The highest BCUT2D eigenvalue weighted by molar-refractivity contribution is 9.10. The Kier molecular flexibility index (Phi) is 6.79. The Morgan fingerprint density at radius 1 is 1.07 bits per heavy atom. The SMILES string of the molecule is O=[N+]([O-])c1ccccc1O/C=N/OC=Nc1ccc(Oc2nccc(Br)n2)cc1. The molecule has 0 amide bonds. The van der Waals surface area contributed by atoms with Crippen LogP contribution < -0.4 is 9.47 Å².